The highest BCUT2D eigenvalue weighted by molar-refractivity contribution is 9.10. The van der Waals surface area contributed by atoms with Gasteiger partial charge in [0.05, 0.1) is 0 Å². The van der Waals surface area contributed by atoms with E-state index in [0.29, 0.717) is 21.0 Å². The fourth-order valence-corrected chi connectivity index (χ4v) is 1.79. The number of aryl methyl sites for hydroxylation is 1. The molecule has 0 radical (unpaired) electrons. The molecule has 2 aromatic rings. The van der Waals surface area contributed by atoms with Crippen molar-refractivity contribution in [3.63, 3.8) is 0 Å². The monoisotopic (exact) mass is 298 g/mol. The predicted molar refractivity (Wildman–Crippen MR) is 66.0 cm³/mol. The van der Waals surface area contributed by atoms with Crippen LogP contribution in [0.1, 0.15) is 21.7 Å². The summed E-state index contributed by atoms with van der Waals surface area (Å²) >= 11 is 9.05. The molecule has 0 N–H and O–H groups in total. The summed E-state index contributed by atoms with van der Waals surface area (Å²) in [4.78, 5) is 12.0. The van der Waals surface area contributed by atoms with Gasteiger partial charge in [0, 0.05) is 10.6 Å². The second-order valence-corrected chi connectivity index (χ2v) is 4.59. The number of benzene rings is 1. The first-order valence-electron chi connectivity index (χ1n) is 4.64. The van der Waals surface area contributed by atoms with Gasteiger partial charge in [0.15, 0.2) is 10.4 Å². The van der Waals surface area contributed by atoms with E-state index >= 15 is 0 Å². The van der Waals surface area contributed by atoms with E-state index in [9.17, 15) is 4.79 Å². The van der Waals surface area contributed by atoms with Crippen LogP contribution in [0.15, 0.2) is 39.4 Å². The SMILES string of the molecule is Cc1cc(C(=O)c2ccc(Br)o2)ccc1Cl. The maximum atomic E-state index is 12.0. The van der Waals surface area contributed by atoms with Gasteiger partial charge in [-0.3, -0.25) is 4.79 Å². The number of ketones is 1. The summed E-state index contributed by atoms with van der Waals surface area (Å²) in [5.74, 6) is 0.166. The summed E-state index contributed by atoms with van der Waals surface area (Å²) in [7, 11) is 0. The average molecular weight is 300 g/mol. The summed E-state index contributed by atoms with van der Waals surface area (Å²) in [6, 6.07) is 8.48. The number of hydrogen-bond acceptors (Lipinski definition) is 2. The number of carbonyl (C=O) groups excluding carboxylic acids is 1. The van der Waals surface area contributed by atoms with Crippen LogP contribution in [-0.4, -0.2) is 5.78 Å². The molecule has 2 nitrogen and oxygen atoms in total. The van der Waals surface area contributed by atoms with Gasteiger partial charge in [-0.25, -0.2) is 0 Å². The minimum Gasteiger partial charge on any atom is -0.446 e. The lowest BCUT2D eigenvalue weighted by molar-refractivity contribution is 0.101. The molecule has 0 aliphatic carbocycles. The molecule has 0 saturated heterocycles. The van der Waals surface area contributed by atoms with Gasteiger partial charge in [-0.1, -0.05) is 11.6 Å². The number of furan rings is 1. The first-order chi connectivity index (χ1) is 7.58. The molecule has 0 saturated carbocycles. The zero-order valence-corrected chi connectivity index (χ0v) is 10.8. The Bertz CT molecular complexity index is 546. The van der Waals surface area contributed by atoms with Crippen molar-refractivity contribution in [3.05, 3.63) is 56.9 Å². The van der Waals surface area contributed by atoms with Gasteiger partial charge in [-0.05, 0) is 58.7 Å². The molecule has 4 heteroatoms. The Kier molecular flexibility index (Phi) is 3.17. The van der Waals surface area contributed by atoms with Gasteiger partial charge >= 0.3 is 0 Å². The Morgan fingerprint density at radius 3 is 2.62 bits per heavy atom. The Hall–Kier alpha value is -1.06. The zero-order chi connectivity index (χ0) is 11.7. The van der Waals surface area contributed by atoms with E-state index in [2.05, 4.69) is 15.9 Å². The highest BCUT2D eigenvalue weighted by Crippen LogP contribution is 2.21. The minimum atomic E-state index is -0.148. The Morgan fingerprint density at radius 2 is 2.06 bits per heavy atom. The molecular weight excluding hydrogens is 291 g/mol. The quantitative estimate of drug-likeness (QED) is 0.777. The van der Waals surface area contributed by atoms with E-state index in [4.69, 9.17) is 16.0 Å². The third kappa shape index (κ3) is 2.20. The highest BCUT2D eigenvalue weighted by Gasteiger charge is 2.13. The normalized spacial score (nSPS) is 10.4. The largest absolute Gasteiger partial charge is 0.446 e. The Balaban J connectivity index is 2.38. The summed E-state index contributed by atoms with van der Waals surface area (Å²) < 4.78 is 5.75. The average Bonchev–Trinajstić information content (AvgIpc) is 2.68. The van der Waals surface area contributed by atoms with Gasteiger partial charge in [0.25, 0.3) is 0 Å². The van der Waals surface area contributed by atoms with Crippen LogP contribution in [0.4, 0.5) is 0 Å². The maximum absolute atomic E-state index is 12.0. The van der Waals surface area contributed by atoms with Crippen LogP contribution in [-0.2, 0) is 0 Å². The van der Waals surface area contributed by atoms with Crippen LogP contribution in [0.25, 0.3) is 0 Å². The molecule has 0 aliphatic heterocycles. The molecule has 0 fully saturated rings. The first kappa shape index (κ1) is 11.4. The van der Waals surface area contributed by atoms with Crippen molar-refractivity contribution in [2.24, 2.45) is 0 Å². The van der Waals surface area contributed by atoms with Crippen molar-refractivity contribution in [2.75, 3.05) is 0 Å². The number of carbonyl (C=O) groups is 1. The Labute approximate surface area is 106 Å². The van der Waals surface area contributed by atoms with Gasteiger partial charge in [-0.15, -0.1) is 0 Å². The molecular formula is C12H8BrClO2. The third-order valence-electron chi connectivity index (χ3n) is 2.22. The molecule has 0 unspecified atom stereocenters. The summed E-state index contributed by atoms with van der Waals surface area (Å²) in [6.45, 7) is 1.86. The lowest BCUT2D eigenvalue weighted by Crippen LogP contribution is -1.99. The van der Waals surface area contributed by atoms with Crippen LogP contribution in [0.5, 0.6) is 0 Å². The molecule has 0 atom stereocenters. The van der Waals surface area contributed by atoms with Crippen molar-refractivity contribution >= 4 is 33.3 Å². The molecule has 2 rings (SSSR count). The smallest absolute Gasteiger partial charge is 0.228 e. The van der Waals surface area contributed by atoms with Gasteiger partial charge in [0.2, 0.25) is 5.78 Å². The predicted octanol–water partition coefficient (Wildman–Crippen LogP) is 4.23. The fraction of sp³-hybridized carbons (Fsp3) is 0.0833. The summed E-state index contributed by atoms with van der Waals surface area (Å²) in [6.07, 6.45) is 0. The number of halogens is 2. The molecule has 82 valence electrons. The van der Waals surface area contributed by atoms with E-state index in [1.54, 1.807) is 30.3 Å². The van der Waals surface area contributed by atoms with Crippen LogP contribution < -0.4 is 0 Å². The molecule has 1 aromatic heterocycles. The van der Waals surface area contributed by atoms with E-state index < -0.39 is 0 Å². The molecule has 0 aliphatic rings. The van der Waals surface area contributed by atoms with E-state index in [1.165, 1.54) is 0 Å². The highest BCUT2D eigenvalue weighted by atomic mass is 79.9. The van der Waals surface area contributed by atoms with Crippen molar-refractivity contribution in [1.82, 2.24) is 0 Å². The second-order valence-electron chi connectivity index (χ2n) is 3.40. The van der Waals surface area contributed by atoms with E-state index in [0.717, 1.165) is 5.56 Å². The van der Waals surface area contributed by atoms with Crippen LogP contribution in [0.3, 0.4) is 0 Å². The summed E-state index contributed by atoms with van der Waals surface area (Å²) in [5.41, 5.74) is 1.45. The van der Waals surface area contributed by atoms with Crippen LogP contribution in [0, 0.1) is 6.92 Å². The summed E-state index contributed by atoms with van der Waals surface area (Å²) in [5, 5.41) is 0.650. The molecule has 0 amide bonds. The van der Waals surface area contributed by atoms with E-state index in [1.807, 2.05) is 6.92 Å². The van der Waals surface area contributed by atoms with Crippen LogP contribution >= 0.6 is 27.5 Å². The van der Waals surface area contributed by atoms with Gasteiger partial charge in [0.1, 0.15) is 0 Å². The van der Waals surface area contributed by atoms with Crippen LogP contribution in [0.2, 0.25) is 5.02 Å². The minimum absolute atomic E-state index is 0.148. The molecule has 0 bridgehead atoms. The topological polar surface area (TPSA) is 30.2 Å². The lowest BCUT2D eigenvalue weighted by Gasteiger charge is -2.01. The van der Waals surface area contributed by atoms with E-state index in [-0.39, 0.29) is 5.78 Å². The van der Waals surface area contributed by atoms with Gasteiger partial charge in [-0.2, -0.15) is 0 Å². The second kappa shape index (κ2) is 4.44. The molecule has 0 spiro atoms. The van der Waals surface area contributed by atoms with Gasteiger partial charge < -0.3 is 4.42 Å². The van der Waals surface area contributed by atoms with Crippen molar-refractivity contribution < 1.29 is 9.21 Å². The Morgan fingerprint density at radius 1 is 1.31 bits per heavy atom. The molecule has 1 aromatic carbocycles. The zero-order valence-electron chi connectivity index (χ0n) is 8.46. The molecule has 16 heavy (non-hydrogen) atoms. The third-order valence-corrected chi connectivity index (χ3v) is 3.07. The number of rotatable bonds is 2. The van der Waals surface area contributed by atoms with Crippen molar-refractivity contribution in [3.8, 4) is 0 Å². The van der Waals surface area contributed by atoms with Crippen molar-refractivity contribution in [1.29, 1.82) is 0 Å². The number of hydrogen-bond donors (Lipinski definition) is 0. The fourth-order valence-electron chi connectivity index (χ4n) is 1.36. The standard InChI is InChI=1S/C12H8BrClO2/c1-7-6-8(2-3-9(7)14)12(15)10-4-5-11(13)16-10/h2-6H,1H3. The van der Waals surface area contributed by atoms with Crippen molar-refractivity contribution in [2.45, 2.75) is 6.92 Å². The maximum Gasteiger partial charge on any atom is 0.228 e. The first-order valence-corrected chi connectivity index (χ1v) is 5.81. The lowest BCUT2D eigenvalue weighted by atomic mass is 10.1. The molecule has 1 heterocycles.